The first-order valence-electron chi connectivity index (χ1n) is 14.4. The second kappa shape index (κ2) is 11.3. The molecule has 3 fully saturated rings. The van der Waals surface area contributed by atoms with Gasteiger partial charge in [0.05, 0.1) is 23.9 Å². The van der Waals surface area contributed by atoms with Crippen LogP contribution in [0, 0.1) is 11.8 Å². The summed E-state index contributed by atoms with van der Waals surface area (Å²) < 4.78 is 5.21. The number of nitrogens with two attached hydrogens (primary N) is 1. The van der Waals surface area contributed by atoms with Crippen molar-refractivity contribution >= 4 is 23.4 Å². The molecule has 2 bridgehead atoms. The van der Waals surface area contributed by atoms with Gasteiger partial charge in [0.25, 0.3) is 0 Å². The van der Waals surface area contributed by atoms with Crippen LogP contribution in [0.1, 0.15) is 51.0 Å². The number of carbonyl (C=O) groups excluding carboxylic acids is 1. The number of aromatic nitrogens is 4. The zero-order valence-electron chi connectivity index (χ0n) is 22.9. The van der Waals surface area contributed by atoms with Crippen molar-refractivity contribution in [3.8, 4) is 17.0 Å². The first kappa shape index (κ1) is 26.3. The zero-order chi connectivity index (χ0) is 27.6. The van der Waals surface area contributed by atoms with E-state index in [1.807, 2.05) is 37.5 Å². The molecule has 2 aromatic heterocycles. The maximum Gasteiger partial charge on any atom is 0.308 e. The molecule has 1 aromatic carbocycles. The summed E-state index contributed by atoms with van der Waals surface area (Å²) in [6.45, 7) is 3.90. The molecule has 3 N–H and O–H groups in total. The molecule has 10 heteroatoms. The zero-order valence-corrected chi connectivity index (χ0v) is 22.9. The van der Waals surface area contributed by atoms with E-state index in [0.29, 0.717) is 29.6 Å². The molecular weight excluding hydrogens is 506 g/mol. The van der Waals surface area contributed by atoms with Crippen molar-refractivity contribution in [2.45, 2.75) is 64.0 Å². The number of phenols is 1. The Balaban J connectivity index is 1.10. The van der Waals surface area contributed by atoms with Crippen LogP contribution in [0.3, 0.4) is 0 Å². The van der Waals surface area contributed by atoms with Crippen molar-refractivity contribution in [1.29, 1.82) is 0 Å². The molecule has 210 valence electrons. The predicted molar refractivity (Wildman–Crippen MR) is 153 cm³/mol. The summed E-state index contributed by atoms with van der Waals surface area (Å²) in [6.07, 6.45) is 10.9. The number of rotatable bonds is 7. The van der Waals surface area contributed by atoms with Crippen molar-refractivity contribution in [1.82, 2.24) is 20.2 Å². The summed E-state index contributed by atoms with van der Waals surface area (Å²) >= 11 is 0. The second-order valence-corrected chi connectivity index (χ2v) is 11.3. The number of hydrogen-bond acceptors (Lipinski definition) is 10. The van der Waals surface area contributed by atoms with Crippen LogP contribution in [0.5, 0.6) is 5.75 Å². The number of piperazine rings is 1. The van der Waals surface area contributed by atoms with E-state index in [1.54, 1.807) is 12.1 Å². The maximum absolute atomic E-state index is 12.0. The highest BCUT2D eigenvalue weighted by Crippen LogP contribution is 2.38. The Morgan fingerprint density at radius 3 is 2.40 bits per heavy atom. The minimum absolute atomic E-state index is 0.0397. The fraction of sp³-hybridized carbons (Fsp3) is 0.500. The van der Waals surface area contributed by atoms with Crippen LogP contribution >= 0.6 is 0 Å². The van der Waals surface area contributed by atoms with Gasteiger partial charge in [-0.25, -0.2) is 9.97 Å². The predicted octanol–water partition coefficient (Wildman–Crippen LogP) is 3.99. The summed E-state index contributed by atoms with van der Waals surface area (Å²) in [7, 11) is 0. The Hall–Kier alpha value is -3.95. The highest BCUT2D eigenvalue weighted by atomic mass is 16.5. The molecule has 3 aromatic rings. The van der Waals surface area contributed by atoms with Gasteiger partial charge in [0.1, 0.15) is 5.75 Å². The van der Waals surface area contributed by atoms with Gasteiger partial charge in [-0.05, 0) is 81.5 Å². The largest absolute Gasteiger partial charge is 0.507 e. The Kier molecular flexibility index (Phi) is 7.40. The van der Waals surface area contributed by atoms with Crippen LogP contribution in [0.4, 0.5) is 17.5 Å². The second-order valence-electron chi connectivity index (χ2n) is 11.3. The number of hydrogen-bond donors (Lipinski definition) is 2. The van der Waals surface area contributed by atoms with E-state index >= 15 is 0 Å². The Morgan fingerprint density at radius 2 is 1.73 bits per heavy atom. The number of phenolic OH excluding ortho intramolecular Hbond substituents is 1. The molecule has 1 saturated carbocycles. The number of esters is 1. The number of ether oxygens (including phenoxy) is 1. The van der Waals surface area contributed by atoms with Crippen LogP contribution in [0.25, 0.3) is 11.3 Å². The summed E-state index contributed by atoms with van der Waals surface area (Å²) in [5.41, 5.74) is 9.52. The Morgan fingerprint density at radius 1 is 1.02 bits per heavy atom. The molecule has 0 spiro atoms. The minimum Gasteiger partial charge on any atom is -0.507 e. The van der Waals surface area contributed by atoms with E-state index in [0.717, 1.165) is 75.2 Å². The Bertz CT molecular complexity index is 1330. The number of benzene rings is 1. The van der Waals surface area contributed by atoms with Gasteiger partial charge in [0, 0.05) is 43.1 Å². The normalized spacial score (nSPS) is 24.2. The van der Waals surface area contributed by atoms with Crippen LogP contribution in [0.15, 0.2) is 42.7 Å². The number of para-hydroxylation sites is 1. The fourth-order valence-corrected chi connectivity index (χ4v) is 6.68. The van der Waals surface area contributed by atoms with E-state index in [-0.39, 0.29) is 29.7 Å². The number of anilines is 3. The Labute approximate surface area is 234 Å². The summed E-state index contributed by atoms with van der Waals surface area (Å²) in [4.78, 5) is 26.3. The number of nitrogens with zero attached hydrogens (tertiary/aromatic N) is 6. The molecule has 1 aliphatic carbocycles. The molecule has 40 heavy (non-hydrogen) atoms. The maximum atomic E-state index is 12.0. The molecule has 6 rings (SSSR count). The molecule has 2 saturated heterocycles. The molecule has 0 amide bonds. The van der Waals surface area contributed by atoms with E-state index in [4.69, 9.17) is 20.4 Å². The highest BCUT2D eigenvalue weighted by molar-refractivity contribution is 5.74. The lowest BCUT2D eigenvalue weighted by molar-refractivity contribution is -0.149. The standard InChI is InChI=1S/C30H37N7O3/c1-2-40-29(39)21-9-7-19(8-10-21)13-20-15-32-30(33-16-20)37-22-11-12-23(37)18-36(17-22)26-14-25(34-35-28(26)31)24-5-3-4-6-27(24)38/h3-6,14-16,19,21-23,38H,2,7-13,17-18H2,1H3,(H2,31,35)/t19-,21+,22?,23?. The van der Waals surface area contributed by atoms with E-state index in [9.17, 15) is 9.90 Å². The van der Waals surface area contributed by atoms with Gasteiger partial charge in [0.15, 0.2) is 5.82 Å². The molecule has 2 aliphatic heterocycles. The van der Waals surface area contributed by atoms with Gasteiger partial charge in [-0.3, -0.25) is 4.79 Å². The third-order valence-corrected chi connectivity index (χ3v) is 8.72. The van der Waals surface area contributed by atoms with Gasteiger partial charge in [-0.1, -0.05) is 12.1 Å². The lowest BCUT2D eigenvalue weighted by Gasteiger charge is -2.42. The van der Waals surface area contributed by atoms with Gasteiger partial charge in [-0.15, -0.1) is 10.2 Å². The molecular formula is C30H37N7O3. The van der Waals surface area contributed by atoms with Crippen molar-refractivity contribution in [3.63, 3.8) is 0 Å². The van der Waals surface area contributed by atoms with Gasteiger partial charge in [0.2, 0.25) is 5.95 Å². The van der Waals surface area contributed by atoms with E-state index in [2.05, 4.69) is 20.0 Å². The van der Waals surface area contributed by atoms with Crippen molar-refractivity contribution < 1.29 is 14.6 Å². The minimum atomic E-state index is -0.0397. The molecule has 3 aliphatic rings. The van der Waals surface area contributed by atoms with Crippen molar-refractivity contribution in [2.75, 3.05) is 35.2 Å². The topological polar surface area (TPSA) is 131 Å². The van der Waals surface area contributed by atoms with Crippen LogP contribution < -0.4 is 15.5 Å². The van der Waals surface area contributed by atoms with Crippen LogP contribution in [-0.4, -0.2) is 63.0 Å². The molecule has 2 unspecified atom stereocenters. The van der Waals surface area contributed by atoms with Crippen LogP contribution in [-0.2, 0) is 16.0 Å². The van der Waals surface area contributed by atoms with Gasteiger partial charge < -0.3 is 25.4 Å². The number of nitrogen functional groups attached to an aromatic ring is 1. The monoisotopic (exact) mass is 543 g/mol. The first-order valence-corrected chi connectivity index (χ1v) is 14.4. The van der Waals surface area contributed by atoms with Crippen molar-refractivity contribution in [3.05, 3.63) is 48.3 Å². The van der Waals surface area contributed by atoms with Crippen LogP contribution in [0.2, 0.25) is 0 Å². The molecule has 4 heterocycles. The van der Waals surface area contributed by atoms with Gasteiger partial charge >= 0.3 is 5.97 Å². The lowest BCUT2D eigenvalue weighted by atomic mass is 9.79. The molecule has 0 radical (unpaired) electrons. The first-order chi connectivity index (χ1) is 19.5. The smallest absolute Gasteiger partial charge is 0.308 e. The lowest BCUT2D eigenvalue weighted by Crippen LogP contribution is -2.54. The SMILES string of the molecule is CCOC(=O)[C@H]1CC[C@@H](Cc2cnc(N3C4CCC3CN(c3cc(-c5ccccc5O)nnc3N)C4)nc2)CC1. The fourth-order valence-electron chi connectivity index (χ4n) is 6.68. The third kappa shape index (κ3) is 5.26. The van der Waals surface area contributed by atoms with Gasteiger partial charge in [-0.2, -0.15) is 0 Å². The number of carbonyl (C=O) groups is 1. The summed E-state index contributed by atoms with van der Waals surface area (Å²) in [5, 5.41) is 18.7. The third-order valence-electron chi connectivity index (χ3n) is 8.72. The number of aromatic hydroxyl groups is 1. The van der Waals surface area contributed by atoms with Crippen molar-refractivity contribution in [2.24, 2.45) is 11.8 Å². The number of fused-ring (bicyclic) bond motifs is 2. The quantitative estimate of drug-likeness (QED) is 0.422. The van der Waals surface area contributed by atoms with E-state index in [1.165, 1.54) is 0 Å². The summed E-state index contributed by atoms with van der Waals surface area (Å²) in [6, 6.07) is 9.62. The summed E-state index contributed by atoms with van der Waals surface area (Å²) in [5.74, 6) is 1.92. The average molecular weight is 544 g/mol. The highest BCUT2D eigenvalue weighted by Gasteiger charge is 2.42. The molecule has 10 nitrogen and oxygen atoms in total. The molecule has 2 atom stereocenters. The van der Waals surface area contributed by atoms with E-state index < -0.39 is 0 Å². The average Bonchev–Trinajstić information content (AvgIpc) is 3.23.